The lowest BCUT2D eigenvalue weighted by Crippen LogP contribution is -2.33. The molecule has 1 heterocycles. The molecule has 0 spiro atoms. The van der Waals surface area contributed by atoms with Gasteiger partial charge >= 0.3 is 5.97 Å². The summed E-state index contributed by atoms with van der Waals surface area (Å²) < 4.78 is 31.1. The number of aromatic amines is 1. The molecule has 8 nitrogen and oxygen atoms in total. The van der Waals surface area contributed by atoms with Gasteiger partial charge in [-0.1, -0.05) is 0 Å². The van der Waals surface area contributed by atoms with E-state index in [1.165, 1.54) is 13.8 Å². The first kappa shape index (κ1) is 16.2. The van der Waals surface area contributed by atoms with Crippen LogP contribution in [0.3, 0.4) is 0 Å². The van der Waals surface area contributed by atoms with Crippen molar-refractivity contribution in [2.75, 3.05) is 13.2 Å². The van der Waals surface area contributed by atoms with Crippen molar-refractivity contribution in [2.24, 2.45) is 5.73 Å². The number of rotatable bonds is 6. The monoisotopic (exact) mass is 303 g/mol. The molecule has 0 fully saturated rings. The Morgan fingerprint density at radius 2 is 1.95 bits per heavy atom. The van der Waals surface area contributed by atoms with Gasteiger partial charge < -0.3 is 15.5 Å². The van der Waals surface area contributed by atoms with E-state index in [0.29, 0.717) is 0 Å². The summed E-state index contributed by atoms with van der Waals surface area (Å²) in [7, 11) is -3.93. The number of sulfonamides is 1. The molecule has 0 saturated heterocycles. The van der Waals surface area contributed by atoms with Gasteiger partial charge in [0, 0.05) is 11.3 Å². The minimum absolute atomic E-state index is 0.0730. The van der Waals surface area contributed by atoms with Gasteiger partial charge in [-0.15, -0.1) is 0 Å². The molecule has 0 bridgehead atoms. The molecule has 0 aliphatic heterocycles. The van der Waals surface area contributed by atoms with Crippen molar-refractivity contribution in [3.05, 3.63) is 17.0 Å². The smallest absolute Gasteiger partial charge is 0.355 e. The van der Waals surface area contributed by atoms with Crippen molar-refractivity contribution < 1.29 is 22.7 Å². The third-order valence-corrected chi connectivity index (χ3v) is 4.23. The van der Waals surface area contributed by atoms with Gasteiger partial charge in [-0.25, -0.2) is 17.9 Å². The number of aryl methyl sites for hydroxylation is 1. The van der Waals surface area contributed by atoms with E-state index in [0.717, 1.165) is 0 Å². The Bertz CT molecular complexity index is 633. The molecule has 0 aromatic carbocycles. The zero-order valence-electron chi connectivity index (χ0n) is 11.4. The minimum atomic E-state index is -3.93. The van der Waals surface area contributed by atoms with Crippen LogP contribution in [0.25, 0.3) is 0 Å². The van der Waals surface area contributed by atoms with E-state index in [1.54, 1.807) is 6.92 Å². The fraction of sp³-hybridized carbons (Fsp3) is 0.455. The van der Waals surface area contributed by atoms with Gasteiger partial charge in [-0.2, -0.15) is 0 Å². The molecule has 1 aromatic heterocycles. The second-order valence-corrected chi connectivity index (χ2v) is 5.79. The van der Waals surface area contributed by atoms with Crippen molar-refractivity contribution in [1.29, 1.82) is 0 Å². The highest BCUT2D eigenvalue weighted by molar-refractivity contribution is 7.89. The summed E-state index contributed by atoms with van der Waals surface area (Å²) in [6.07, 6.45) is 0. The number of hydrogen-bond acceptors (Lipinski definition) is 5. The molecular formula is C11H17N3O5S. The zero-order chi connectivity index (χ0) is 15.5. The van der Waals surface area contributed by atoms with Gasteiger partial charge in [0.1, 0.15) is 10.6 Å². The standard InChI is InChI=1S/C11H17N3O5S/c1-4-19-11(16)9-6(2)10(7(3)14-9)20(17,18)13-5-8(12)15/h13-14H,4-5H2,1-3H3,(H2,12,15). The van der Waals surface area contributed by atoms with Crippen LogP contribution in [0.2, 0.25) is 0 Å². The summed E-state index contributed by atoms with van der Waals surface area (Å²) in [5.74, 6) is -1.44. The Labute approximate surface area is 116 Å². The van der Waals surface area contributed by atoms with Gasteiger partial charge in [-0.3, -0.25) is 4.79 Å². The van der Waals surface area contributed by atoms with E-state index in [9.17, 15) is 18.0 Å². The van der Waals surface area contributed by atoms with E-state index < -0.39 is 28.4 Å². The Hall–Kier alpha value is -1.87. The molecule has 112 valence electrons. The molecule has 20 heavy (non-hydrogen) atoms. The van der Waals surface area contributed by atoms with Gasteiger partial charge in [0.15, 0.2) is 0 Å². The van der Waals surface area contributed by atoms with E-state index in [-0.39, 0.29) is 28.5 Å². The van der Waals surface area contributed by atoms with E-state index in [2.05, 4.69) is 9.71 Å². The molecule has 0 aliphatic rings. The van der Waals surface area contributed by atoms with E-state index in [1.807, 2.05) is 0 Å². The zero-order valence-corrected chi connectivity index (χ0v) is 12.3. The highest BCUT2D eigenvalue weighted by Crippen LogP contribution is 2.23. The maximum Gasteiger partial charge on any atom is 0.355 e. The molecule has 1 aromatic rings. The highest BCUT2D eigenvalue weighted by atomic mass is 32.2. The quantitative estimate of drug-likeness (QED) is 0.614. The van der Waals surface area contributed by atoms with Crippen molar-refractivity contribution in [2.45, 2.75) is 25.7 Å². The van der Waals surface area contributed by atoms with Crippen LogP contribution in [0.4, 0.5) is 0 Å². The van der Waals surface area contributed by atoms with Gasteiger partial charge in [-0.05, 0) is 20.8 Å². The maximum absolute atomic E-state index is 12.1. The number of H-pyrrole nitrogens is 1. The van der Waals surface area contributed by atoms with Crippen LogP contribution in [0.5, 0.6) is 0 Å². The lowest BCUT2D eigenvalue weighted by molar-refractivity contribution is -0.116. The molecule has 0 saturated carbocycles. The third-order valence-electron chi connectivity index (χ3n) is 2.55. The summed E-state index contributed by atoms with van der Waals surface area (Å²) in [5.41, 5.74) is 5.49. The van der Waals surface area contributed by atoms with Gasteiger partial charge in [0.25, 0.3) is 0 Å². The van der Waals surface area contributed by atoms with Gasteiger partial charge in [0.2, 0.25) is 15.9 Å². The molecule has 1 amide bonds. The van der Waals surface area contributed by atoms with E-state index in [4.69, 9.17) is 10.5 Å². The number of esters is 1. The third kappa shape index (κ3) is 3.36. The molecule has 0 unspecified atom stereocenters. The van der Waals surface area contributed by atoms with E-state index >= 15 is 0 Å². The Morgan fingerprint density at radius 1 is 1.35 bits per heavy atom. The molecule has 4 N–H and O–H groups in total. The van der Waals surface area contributed by atoms with Crippen LogP contribution in [-0.4, -0.2) is 38.4 Å². The molecular weight excluding hydrogens is 286 g/mol. The van der Waals surface area contributed by atoms with Gasteiger partial charge in [0.05, 0.1) is 13.2 Å². The average Bonchev–Trinajstić information content (AvgIpc) is 2.63. The lowest BCUT2D eigenvalue weighted by atomic mass is 10.2. The topological polar surface area (TPSA) is 131 Å². The van der Waals surface area contributed by atoms with Crippen LogP contribution in [0, 0.1) is 13.8 Å². The largest absolute Gasteiger partial charge is 0.461 e. The fourth-order valence-corrected chi connectivity index (χ4v) is 3.22. The number of amides is 1. The van der Waals surface area contributed by atoms with Crippen molar-refractivity contribution in [3.8, 4) is 0 Å². The second kappa shape index (κ2) is 6.06. The molecule has 0 radical (unpaired) electrons. The van der Waals surface area contributed by atoms with Crippen LogP contribution >= 0.6 is 0 Å². The molecule has 9 heteroatoms. The normalized spacial score (nSPS) is 11.3. The van der Waals surface area contributed by atoms with Crippen LogP contribution in [-0.2, 0) is 19.6 Å². The second-order valence-electron chi connectivity index (χ2n) is 4.09. The first-order valence-corrected chi connectivity index (χ1v) is 7.33. The average molecular weight is 303 g/mol. The number of hydrogen-bond donors (Lipinski definition) is 3. The number of nitrogens with one attached hydrogen (secondary N) is 2. The highest BCUT2D eigenvalue weighted by Gasteiger charge is 2.27. The number of ether oxygens (including phenoxy) is 1. The van der Waals surface area contributed by atoms with Crippen molar-refractivity contribution >= 4 is 21.9 Å². The first-order chi connectivity index (χ1) is 9.20. The summed E-state index contributed by atoms with van der Waals surface area (Å²) in [5, 5.41) is 0. The van der Waals surface area contributed by atoms with Crippen LogP contribution in [0.1, 0.15) is 28.7 Å². The molecule has 1 rings (SSSR count). The summed E-state index contributed by atoms with van der Waals surface area (Å²) in [6, 6.07) is 0. The van der Waals surface area contributed by atoms with Crippen molar-refractivity contribution in [1.82, 2.24) is 9.71 Å². The van der Waals surface area contributed by atoms with Crippen LogP contribution < -0.4 is 10.5 Å². The maximum atomic E-state index is 12.1. The first-order valence-electron chi connectivity index (χ1n) is 5.85. The Kier molecular flexibility index (Phi) is 4.90. The SMILES string of the molecule is CCOC(=O)c1[nH]c(C)c(S(=O)(=O)NCC(N)=O)c1C. The number of primary amides is 1. The molecule has 0 aliphatic carbocycles. The lowest BCUT2D eigenvalue weighted by Gasteiger charge is -2.06. The predicted molar refractivity (Wildman–Crippen MR) is 70.6 cm³/mol. The number of carbonyl (C=O) groups excluding carboxylic acids is 2. The number of aromatic nitrogens is 1. The summed E-state index contributed by atoms with van der Waals surface area (Å²) in [6.45, 7) is 4.30. The Balaban J connectivity index is 3.20. The van der Waals surface area contributed by atoms with Crippen LogP contribution in [0.15, 0.2) is 4.90 Å². The summed E-state index contributed by atoms with van der Waals surface area (Å²) in [4.78, 5) is 24.9. The predicted octanol–water partition coefficient (Wildman–Crippen LogP) is -0.428. The fourth-order valence-electron chi connectivity index (χ4n) is 1.78. The Morgan fingerprint density at radius 3 is 2.45 bits per heavy atom. The molecule has 0 atom stereocenters. The number of nitrogens with two attached hydrogens (primary N) is 1. The van der Waals surface area contributed by atoms with Crippen molar-refractivity contribution in [3.63, 3.8) is 0 Å². The summed E-state index contributed by atoms with van der Waals surface area (Å²) >= 11 is 0. The minimum Gasteiger partial charge on any atom is -0.461 e. The number of carbonyl (C=O) groups is 2.